The largest absolute Gasteiger partial charge is 0.490 e. The molecule has 2 saturated heterocycles. The predicted octanol–water partition coefficient (Wildman–Crippen LogP) is 5.30. The fraction of sp³-hybridized carbons (Fsp3) is 0.611. The maximum atomic E-state index is 12.5. The number of hydrogen-bond acceptors (Lipinski definition) is 3. The Morgan fingerprint density at radius 2 is 1.62 bits per heavy atom. The fourth-order valence-corrected chi connectivity index (χ4v) is 4.13. The minimum Gasteiger partial charge on any atom is -0.490 e. The van der Waals surface area contributed by atoms with Gasteiger partial charge in [0.1, 0.15) is 17.5 Å². The van der Waals surface area contributed by atoms with Crippen molar-refractivity contribution in [1.29, 1.82) is 0 Å². The molecule has 2 heterocycles. The highest BCUT2D eigenvalue weighted by Crippen LogP contribution is 2.38. The minimum atomic E-state index is -0.471. The lowest BCUT2D eigenvalue weighted by molar-refractivity contribution is -0.00706. The lowest BCUT2D eigenvalue weighted by Gasteiger charge is -2.39. The molecule has 0 aromatic heterocycles. The van der Waals surface area contributed by atoms with Gasteiger partial charge >= 0.3 is 6.09 Å². The highest BCUT2D eigenvalue weighted by atomic mass is 35.5. The maximum absolute atomic E-state index is 12.5. The number of nitrogens with zero attached hydrogens (tertiary/aromatic N) is 1. The van der Waals surface area contributed by atoms with E-state index in [1.807, 2.05) is 25.7 Å². The topological polar surface area (TPSA) is 38.8 Å². The van der Waals surface area contributed by atoms with Gasteiger partial charge in [-0.25, -0.2) is 4.79 Å². The van der Waals surface area contributed by atoms with Gasteiger partial charge < -0.3 is 14.4 Å². The van der Waals surface area contributed by atoms with Crippen molar-refractivity contribution in [3.8, 4) is 5.75 Å². The third kappa shape index (κ3) is 4.09. The molecule has 2 aliphatic rings. The van der Waals surface area contributed by atoms with Crippen LogP contribution in [0.4, 0.5) is 4.79 Å². The van der Waals surface area contributed by atoms with E-state index >= 15 is 0 Å². The van der Waals surface area contributed by atoms with Gasteiger partial charge in [-0.2, -0.15) is 0 Å². The van der Waals surface area contributed by atoms with Crippen LogP contribution in [0.25, 0.3) is 0 Å². The van der Waals surface area contributed by atoms with E-state index in [4.69, 9.17) is 32.7 Å². The van der Waals surface area contributed by atoms with Gasteiger partial charge in [-0.1, -0.05) is 23.2 Å². The van der Waals surface area contributed by atoms with Crippen LogP contribution in [0.5, 0.6) is 5.75 Å². The molecule has 2 aliphatic heterocycles. The van der Waals surface area contributed by atoms with Crippen molar-refractivity contribution in [1.82, 2.24) is 4.90 Å². The molecular formula is C18H23Cl2NO3. The van der Waals surface area contributed by atoms with Crippen LogP contribution < -0.4 is 4.74 Å². The Hall–Kier alpha value is -1.13. The molecule has 1 amide bonds. The molecule has 0 N–H and O–H groups in total. The number of carbonyl (C=O) groups excluding carboxylic acids is 1. The van der Waals surface area contributed by atoms with Gasteiger partial charge in [0.05, 0.1) is 0 Å². The van der Waals surface area contributed by atoms with Crippen molar-refractivity contribution in [3.05, 3.63) is 28.2 Å². The van der Waals surface area contributed by atoms with Gasteiger partial charge in [0.25, 0.3) is 0 Å². The number of piperidine rings is 1. The number of carbonyl (C=O) groups is 1. The van der Waals surface area contributed by atoms with Crippen molar-refractivity contribution >= 4 is 29.3 Å². The molecule has 132 valence electrons. The van der Waals surface area contributed by atoms with Gasteiger partial charge in [0.2, 0.25) is 0 Å². The zero-order valence-corrected chi connectivity index (χ0v) is 15.7. The van der Waals surface area contributed by atoms with E-state index in [0.717, 1.165) is 25.7 Å². The van der Waals surface area contributed by atoms with Crippen LogP contribution in [0.15, 0.2) is 18.2 Å². The van der Waals surface area contributed by atoms with E-state index in [-0.39, 0.29) is 24.3 Å². The van der Waals surface area contributed by atoms with E-state index in [2.05, 4.69) is 0 Å². The van der Waals surface area contributed by atoms with E-state index < -0.39 is 5.60 Å². The Kier molecular flexibility index (Phi) is 4.89. The second kappa shape index (κ2) is 6.64. The molecule has 0 saturated carbocycles. The maximum Gasteiger partial charge on any atom is 0.410 e. The molecule has 2 bridgehead atoms. The first-order chi connectivity index (χ1) is 11.2. The molecule has 1 aromatic rings. The molecule has 2 fully saturated rings. The van der Waals surface area contributed by atoms with E-state index in [9.17, 15) is 4.79 Å². The molecule has 4 nitrogen and oxygen atoms in total. The summed E-state index contributed by atoms with van der Waals surface area (Å²) in [6, 6.07) is 5.59. The molecule has 3 atom stereocenters. The summed E-state index contributed by atoms with van der Waals surface area (Å²) in [5, 5.41) is 1.12. The first-order valence-corrected chi connectivity index (χ1v) is 9.11. The zero-order valence-electron chi connectivity index (χ0n) is 14.2. The Morgan fingerprint density at radius 3 is 2.12 bits per heavy atom. The Labute approximate surface area is 153 Å². The smallest absolute Gasteiger partial charge is 0.410 e. The van der Waals surface area contributed by atoms with Gasteiger partial charge in [-0.05, 0) is 51.8 Å². The Morgan fingerprint density at radius 1 is 1.08 bits per heavy atom. The van der Waals surface area contributed by atoms with Crippen molar-refractivity contribution in [3.63, 3.8) is 0 Å². The Balaban J connectivity index is 1.65. The summed E-state index contributed by atoms with van der Waals surface area (Å²) in [5.41, 5.74) is -0.471. The van der Waals surface area contributed by atoms with Gasteiger partial charge in [-0.15, -0.1) is 0 Å². The van der Waals surface area contributed by atoms with Crippen LogP contribution in [0.1, 0.15) is 46.5 Å². The summed E-state index contributed by atoms with van der Waals surface area (Å²) in [7, 11) is 0. The summed E-state index contributed by atoms with van der Waals surface area (Å²) >= 11 is 12.1. The SMILES string of the molecule is CC(C)(C)OC(=O)N1C2CC[C@@H]1C[C@H](Oc1cc(Cl)cc(Cl)c1)C2. The van der Waals surface area contributed by atoms with Gasteiger partial charge in [0.15, 0.2) is 0 Å². The number of fused-ring (bicyclic) bond motifs is 2. The molecule has 1 unspecified atom stereocenters. The first-order valence-electron chi connectivity index (χ1n) is 8.35. The quantitative estimate of drug-likeness (QED) is 0.707. The molecule has 24 heavy (non-hydrogen) atoms. The summed E-state index contributed by atoms with van der Waals surface area (Å²) in [4.78, 5) is 14.4. The number of rotatable bonds is 2. The van der Waals surface area contributed by atoms with E-state index in [1.165, 1.54) is 0 Å². The summed E-state index contributed by atoms with van der Waals surface area (Å²) in [6.07, 6.45) is 3.47. The lowest BCUT2D eigenvalue weighted by Crippen LogP contribution is -2.50. The van der Waals surface area contributed by atoms with Crippen molar-refractivity contribution in [2.24, 2.45) is 0 Å². The molecule has 0 radical (unpaired) electrons. The number of ether oxygens (including phenoxy) is 2. The van der Waals surface area contributed by atoms with E-state index in [1.54, 1.807) is 18.2 Å². The molecule has 0 spiro atoms. The van der Waals surface area contributed by atoms with Crippen molar-refractivity contribution < 1.29 is 14.3 Å². The molecular weight excluding hydrogens is 349 g/mol. The third-order valence-electron chi connectivity index (χ3n) is 4.43. The van der Waals surface area contributed by atoms with Crippen molar-refractivity contribution in [2.75, 3.05) is 0 Å². The minimum absolute atomic E-state index is 0.0655. The molecule has 6 heteroatoms. The number of hydrogen-bond donors (Lipinski definition) is 0. The summed E-state index contributed by atoms with van der Waals surface area (Å²) < 4.78 is 11.6. The average molecular weight is 372 g/mol. The normalized spacial score (nSPS) is 26.4. The average Bonchev–Trinajstić information content (AvgIpc) is 2.68. The standard InChI is InChI=1S/C18H23Cl2NO3/c1-18(2,3)24-17(22)21-13-4-5-14(21)10-16(9-13)23-15-7-11(19)6-12(20)8-15/h6-8,13-14,16H,4-5,9-10H2,1-3H3/t13-,14?,16+/m1/s1. The highest BCUT2D eigenvalue weighted by molar-refractivity contribution is 6.34. The van der Waals surface area contributed by atoms with Crippen LogP contribution >= 0.6 is 23.2 Å². The van der Waals surface area contributed by atoms with Crippen molar-refractivity contribution in [2.45, 2.75) is 70.2 Å². The molecule has 0 aliphatic carbocycles. The van der Waals surface area contributed by atoms with Crippen LogP contribution in [0.3, 0.4) is 0 Å². The lowest BCUT2D eigenvalue weighted by atomic mass is 10.00. The predicted molar refractivity (Wildman–Crippen MR) is 95.0 cm³/mol. The van der Waals surface area contributed by atoms with Gasteiger partial charge in [-0.3, -0.25) is 0 Å². The summed E-state index contributed by atoms with van der Waals surface area (Å²) in [6.45, 7) is 5.68. The zero-order chi connectivity index (χ0) is 17.5. The van der Waals surface area contributed by atoms with Crippen LogP contribution in [0, 0.1) is 0 Å². The second-order valence-electron chi connectivity index (χ2n) is 7.59. The monoisotopic (exact) mass is 371 g/mol. The third-order valence-corrected chi connectivity index (χ3v) is 4.87. The van der Waals surface area contributed by atoms with Crippen LogP contribution in [-0.4, -0.2) is 34.8 Å². The molecule has 3 rings (SSSR count). The first kappa shape index (κ1) is 17.7. The fourth-order valence-electron chi connectivity index (χ4n) is 3.63. The summed E-state index contributed by atoms with van der Waals surface area (Å²) in [5.74, 6) is 0.683. The van der Waals surface area contributed by atoms with E-state index in [0.29, 0.717) is 15.8 Å². The number of halogens is 2. The second-order valence-corrected chi connectivity index (χ2v) is 8.46. The molecule has 1 aromatic carbocycles. The van der Waals surface area contributed by atoms with Crippen LogP contribution in [0.2, 0.25) is 10.0 Å². The highest BCUT2D eigenvalue weighted by Gasteiger charge is 2.45. The number of amides is 1. The van der Waals surface area contributed by atoms with Crippen LogP contribution in [-0.2, 0) is 4.74 Å². The van der Waals surface area contributed by atoms with Gasteiger partial charge in [0, 0.05) is 35.0 Å². The number of benzene rings is 1. The Bertz CT molecular complexity index is 595.